The van der Waals surface area contributed by atoms with Crippen LogP contribution in [0.5, 0.6) is 11.5 Å². The minimum Gasteiger partial charge on any atom is -0.495 e. The summed E-state index contributed by atoms with van der Waals surface area (Å²) < 4.78 is 42.0. The number of oxime groups is 1. The zero-order valence-corrected chi connectivity index (χ0v) is 20.3. The summed E-state index contributed by atoms with van der Waals surface area (Å²) in [6.45, 7) is 4.98. The number of fused-ring (bicyclic) bond motifs is 4. The molecule has 6 rings (SSSR count). The molecule has 1 saturated heterocycles. The van der Waals surface area contributed by atoms with E-state index in [-0.39, 0.29) is 18.3 Å². The number of aromatic nitrogens is 2. The number of hydrogen-bond acceptors (Lipinski definition) is 6. The van der Waals surface area contributed by atoms with Crippen LogP contribution in [-0.2, 0) is 10.6 Å². The largest absolute Gasteiger partial charge is 0.495 e. The fourth-order valence-corrected chi connectivity index (χ4v) is 5.37. The van der Waals surface area contributed by atoms with Gasteiger partial charge in [0.25, 0.3) is 0 Å². The third kappa shape index (κ3) is 3.53. The van der Waals surface area contributed by atoms with E-state index < -0.39 is 17.4 Å². The molecule has 1 fully saturated rings. The molecule has 0 aliphatic carbocycles. The van der Waals surface area contributed by atoms with Gasteiger partial charge in [0, 0.05) is 25.2 Å². The monoisotopic (exact) mass is 492 g/mol. The highest BCUT2D eigenvalue weighted by molar-refractivity contribution is 6.03. The number of amidine groups is 1. The molecule has 1 aromatic heterocycles. The molecule has 0 bridgehead atoms. The molecule has 4 heterocycles. The number of imidazole rings is 1. The summed E-state index contributed by atoms with van der Waals surface area (Å²) in [6, 6.07) is 8.11. The number of ether oxygens (including phenoxy) is 2. The first-order valence-corrected chi connectivity index (χ1v) is 11.9. The van der Waals surface area contributed by atoms with Gasteiger partial charge in [-0.1, -0.05) is 18.1 Å². The quantitative estimate of drug-likeness (QED) is 0.505. The van der Waals surface area contributed by atoms with E-state index in [9.17, 15) is 8.78 Å². The maximum Gasteiger partial charge on any atom is 0.244 e. The molecular formula is C27H26F2N4O3. The molecule has 0 radical (unpaired) electrons. The van der Waals surface area contributed by atoms with Crippen LogP contribution in [0.1, 0.15) is 36.6 Å². The van der Waals surface area contributed by atoms with Crippen LogP contribution in [0.15, 0.2) is 53.6 Å². The van der Waals surface area contributed by atoms with Crippen molar-refractivity contribution in [2.75, 3.05) is 20.3 Å². The summed E-state index contributed by atoms with van der Waals surface area (Å²) >= 11 is 0. The Kier molecular flexibility index (Phi) is 5.24. The highest BCUT2D eigenvalue weighted by Gasteiger charge is 2.54. The average Bonchev–Trinajstić information content (AvgIpc) is 3.44. The second-order valence-electron chi connectivity index (χ2n) is 9.60. The van der Waals surface area contributed by atoms with Gasteiger partial charge in [-0.3, -0.25) is 0 Å². The lowest BCUT2D eigenvalue weighted by Crippen LogP contribution is -2.53. The molecule has 1 spiro atoms. The number of piperidine rings is 1. The first-order chi connectivity index (χ1) is 17.4. The number of aryl methyl sites for hydroxylation is 1. The zero-order valence-electron chi connectivity index (χ0n) is 20.3. The Morgan fingerprint density at radius 1 is 1.22 bits per heavy atom. The Hall–Kier alpha value is -3.88. The Labute approximate surface area is 207 Å². The van der Waals surface area contributed by atoms with Crippen molar-refractivity contribution < 1.29 is 23.1 Å². The van der Waals surface area contributed by atoms with Crippen LogP contribution >= 0.6 is 0 Å². The first kappa shape index (κ1) is 22.6. The van der Waals surface area contributed by atoms with Crippen LogP contribution in [-0.4, -0.2) is 40.5 Å². The molecule has 3 aliphatic heterocycles. The van der Waals surface area contributed by atoms with E-state index in [1.54, 1.807) is 13.4 Å². The van der Waals surface area contributed by atoms with Gasteiger partial charge in [-0.05, 0) is 54.7 Å². The fourth-order valence-electron chi connectivity index (χ4n) is 5.37. The Bertz CT molecular complexity index is 1420. The van der Waals surface area contributed by atoms with Gasteiger partial charge < -0.3 is 23.8 Å². The van der Waals surface area contributed by atoms with E-state index in [2.05, 4.69) is 23.1 Å². The minimum absolute atomic E-state index is 0.0259. The summed E-state index contributed by atoms with van der Waals surface area (Å²) in [5.41, 5.74) is 2.98. The van der Waals surface area contributed by atoms with E-state index in [0.29, 0.717) is 30.1 Å². The second-order valence-corrected chi connectivity index (χ2v) is 9.60. The van der Waals surface area contributed by atoms with Crippen LogP contribution in [0.3, 0.4) is 0 Å². The third-order valence-electron chi connectivity index (χ3n) is 6.98. The SMILES string of the molecule is COc1cc(C=C2C[C@@H](C)CN3C2=NO[C@]32CCOc3c(F)cc(F)cc32)ccc1-n1cnc(C)c1. The summed E-state index contributed by atoms with van der Waals surface area (Å²) in [6.07, 6.45) is 6.97. The Balaban J connectivity index is 1.38. The summed E-state index contributed by atoms with van der Waals surface area (Å²) in [5, 5.41) is 4.45. The first-order valence-electron chi connectivity index (χ1n) is 11.9. The van der Waals surface area contributed by atoms with Crippen LogP contribution < -0.4 is 9.47 Å². The molecule has 3 aliphatic rings. The van der Waals surface area contributed by atoms with Crippen molar-refractivity contribution in [3.8, 4) is 17.2 Å². The standard InChI is InChI=1S/C27H26F2N4O3/c1-16-8-19(9-18-4-5-23(24(10-18)34-3)32-14-17(2)30-15-32)26-31-36-27(33(26)13-16)6-7-35-25-21(27)11-20(28)12-22(25)29/h4-5,9-12,14-16H,6-8,13H2,1-3H3/t16-,27+/m1/s1. The van der Waals surface area contributed by atoms with Gasteiger partial charge in [0.2, 0.25) is 5.72 Å². The molecule has 9 heteroatoms. The molecule has 7 nitrogen and oxygen atoms in total. The number of methoxy groups -OCH3 is 1. The predicted molar refractivity (Wildman–Crippen MR) is 130 cm³/mol. The van der Waals surface area contributed by atoms with Gasteiger partial charge >= 0.3 is 0 Å². The number of nitrogens with zero attached hydrogens (tertiary/aromatic N) is 4. The maximum absolute atomic E-state index is 14.6. The lowest BCUT2D eigenvalue weighted by Gasteiger charge is -2.44. The molecule has 0 N–H and O–H groups in total. The minimum atomic E-state index is -1.10. The van der Waals surface area contributed by atoms with Crippen molar-refractivity contribution >= 4 is 11.9 Å². The van der Waals surface area contributed by atoms with Gasteiger partial charge in [-0.2, -0.15) is 0 Å². The van der Waals surface area contributed by atoms with E-state index in [1.165, 1.54) is 6.07 Å². The average molecular weight is 493 g/mol. The molecular weight excluding hydrogens is 466 g/mol. The van der Waals surface area contributed by atoms with Gasteiger partial charge in [-0.25, -0.2) is 13.8 Å². The van der Waals surface area contributed by atoms with Crippen molar-refractivity contribution in [2.45, 2.75) is 32.4 Å². The number of halogens is 2. The number of rotatable bonds is 3. The highest BCUT2D eigenvalue weighted by Crippen LogP contribution is 2.49. The maximum atomic E-state index is 14.6. The number of benzene rings is 2. The van der Waals surface area contributed by atoms with Crippen molar-refractivity contribution in [2.24, 2.45) is 11.1 Å². The second kappa shape index (κ2) is 8.36. The van der Waals surface area contributed by atoms with E-state index in [4.69, 9.17) is 14.3 Å². The highest BCUT2D eigenvalue weighted by atomic mass is 19.1. The smallest absolute Gasteiger partial charge is 0.244 e. The van der Waals surface area contributed by atoms with E-state index in [0.717, 1.165) is 35.0 Å². The van der Waals surface area contributed by atoms with Crippen LogP contribution in [0.2, 0.25) is 0 Å². The Morgan fingerprint density at radius 3 is 2.86 bits per heavy atom. The lowest BCUT2D eigenvalue weighted by atomic mass is 9.87. The van der Waals surface area contributed by atoms with Crippen molar-refractivity contribution in [3.63, 3.8) is 0 Å². The van der Waals surface area contributed by atoms with Gasteiger partial charge in [-0.15, -0.1) is 0 Å². The molecule has 0 saturated carbocycles. The molecule has 3 aromatic rings. The zero-order chi connectivity index (χ0) is 25.0. The molecule has 0 unspecified atom stereocenters. The van der Waals surface area contributed by atoms with E-state index >= 15 is 0 Å². The number of hydrogen-bond donors (Lipinski definition) is 0. The summed E-state index contributed by atoms with van der Waals surface area (Å²) in [7, 11) is 1.64. The predicted octanol–water partition coefficient (Wildman–Crippen LogP) is 5.17. The van der Waals surface area contributed by atoms with Gasteiger partial charge in [0.15, 0.2) is 17.4 Å². The lowest BCUT2D eigenvalue weighted by molar-refractivity contribution is -0.131. The van der Waals surface area contributed by atoms with Crippen LogP contribution in [0.4, 0.5) is 8.78 Å². The molecule has 2 atom stereocenters. The molecule has 2 aromatic carbocycles. The normalized spacial score (nSPS) is 23.7. The van der Waals surface area contributed by atoms with Crippen LogP contribution in [0, 0.1) is 24.5 Å². The third-order valence-corrected chi connectivity index (χ3v) is 6.98. The topological polar surface area (TPSA) is 61.1 Å². The van der Waals surface area contributed by atoms with Gasteiger partial charge in [0.1, 0.15) is 11.6 Å². The molecule has 36 heavy (non-hydrogen) atoms. The summed E-state index contributed by atoms with van der Waals surface area (Å²) in [5.74, 6) is 0.287. The van der Waals surface area contributed by atoms with Gasteiger partial charge in [0.05, 0.1) is 37.0 Å². The molecule has 186 valence electrons. The van der Waals surface area contributed by atoms with Crippen LogP contribution in [0.25, 0.3) is 11.8 Å². The summed E-state index contributed by atoms with van der Waals surface area (Å²) in [4.78, 5) is 12.4. The van der Waals surface area contributed by atoms with Crippen molar-refractivity contribution in [1.82, 2.24) is 14.5 Å². The fraction of sp³-hybridized carbons (Fsp3) is 0.333. The van der Waals surface area contributed by atoms with Crippen molar-refractivity contribution in [1.29, 1.82) is 0 Å². The van der Waals surface area contributed by atoms with Crippen molar-refractivity contribution in [3.05, 3.63) is 76.9 Å². The molecule has 0 amide bonds. The van der Waals surface area contributed by atoms with E-state index in [1.807, 2.05) is 40.8 Å². The Morgan fingerprint density at radius 2 is 2.08 bits per heavy atom.